The highest BCUT2D eigenvalue weighted by atomic mass is 35.5. The molecule has 3 nitrogen and oxygen atoms in total. The van der Waals surface area contributed by atoms with Crippen molar-refractivity contribution >= 4 is 23.2 Å². The average Bonchev–Trinajstić information content (AvgIpc) is 2.79. The van der Waals surface area contributed by atoms with Crippen LogP contribution in [0.15, 0.2) is 18.2 Å². The van der Waals surface area contributed by atoms with Crippen LogP contribution in [0.2, 0.25) is 5.02 Å². The van der Waals surface area contributed by atoms with Gasteiger partial charge in [-0.2, -0.15) is 0 Å². The first kappa shape index (κ1) is 15.2. The number of hydrogen-bond acceptors (Lipinski definition) is 2. The van der Waals surface area contributed by atoms with Crippen molar-refractivity contribution in [1.29, 1.82) is 0 Å². The monoisotopic (exact) mass is 294 g/mol. The predicted octanol–water partition coefficient (Wildman–Crippen LogP) is 3.94. The van der Waals surface area contributed by atoms with E-state index in [0.29, 0.717) is 16.5 Å². The molecule has 0 aliphatic heterocycles. The second-order valence-corrected chi connectivity index (χ2v) is 6.06. The van der Waals surface area contributed by atoms with Crippen molar-refractivity contribution in [2.45, 2.75) is 39.2 Å². The van der Waals surface area contributed by atoms with E-state index in [1.807, 2.05) is 13.1 Å². The normalized spacial score (nSPS) is 25.5. The molecule has 0 radical (unpaired) electrons. The molecule has 1 aliphatic carbocycles. The molecule has 1 aromatic carbocycles. The molecule has 2 N–H and O–H groups in total. The smallest absolute Gasteiger partial charge is 0.253 e. The average molecular weight is 295 g/mol. The van der Waals surface area contributed by atoms with Crippen molar-refractivity contribution in [3.05, 3.63) is 28.8 Å². The summed E-state index contributed by atoms with van der Waals surface area (Å²) < 4.78 is 0. The molecular formula is C16H23ClN2O. The van der Waals surface area contributed by atoms with Gasteiger partial charge >= 0.3 is 0 Å². The van der Waals surface area contributed by atoms with Crippen molar-refractivity contribution in [3.63, 3.8) is 0 Å². The molecule has 3 atom stereocenters. The van der Waals surface area contributed by atoms with Gasteiger partial charge in [-0.3, -0.25) is 4.79 Å². The number of carbonyl (C=O) groups is 1. The number of benzene rings is 1. The second-order valence-electron chi connectivity index (χ2n) is 5.62. The largest absolute Gasteiger partial charge is 0.387 e. The van der Waals surface area contributed by atoms with Gasteiger partial charge in [0.15, 0.2) is 0 Å². The molecule has 1 amide bonds. The Morgan fingerprint density at radius 2 is 2.15 bits per heavy atom. The summed E-state index contributed by atoms with van der Waals surface area (Å²) in [6.45, 7) is 4.46. The summed E-state index contributed by atoms with van der Waals surface area (Å²) in [4.78, 5) is 12.5. The van der Waals surface area contributed by atoms with Gasteiger partial charge in [0.1, 0.15) is 0 Å². The van der Waals surface area contributed by atoms with Crippen LogP contribution in [0.25, 0.3) is 0 Å². The van der Waals surface area contributed by atoms with Gasteiger partial charge < -0.3 is 10.6 Å². The molecule has 4 heteroatoms. The summed E-state index contributed by atoms with van der Waals surface area (Å²) in [6, 6.07) is 5.62. The lowest BCUT2D eigenvalue weighted by atomic mass is 9.93. The minimum absolute atomic E-state index is 0.0366. The molecule has 0 saturated heterocycles. The maximum Gasteiger partial charge on any atom is 0.253 e. The van der Waals surface area contributed by atoms with Gasteiger partial charge in [0, 0.05) is 23.8 Å². The SMILES string of the molecule is CCC1CCC(NC(=O)c2cc(Cl)ccc2NC)C1C. The number of amides is 1. The first-order chi connectivity index (χ1) is 9.56. The summed E-state index contributed by atoms with van der Waals surface area (Å²) in [5.74, 6) is 1.23. The zero-order valence-electron chi connectivity index (χ0n) is 12.4. The fourth-order valence-electron chi connectivity index (χ4n) is 3.20. The van der Waals surface area contributed by atoms with Crippen molar-refractivity contribution in [2.75, 3.05) is 12.4 Å². The van der Waals surface area contributed by atoms with Crippen molar-refractivity contribution in [3.8, 4) is 0 Å². The minimum Gasteiger partial charge on any atom is -0.387 e. The van der Waals surface area contributed by atoms with E-state index in [2.05, 4.69) is 24.5 Å². The Bertz CT molecular complexity index is 489. The van der Waals surface area contributed by atoms with Gasteiger partial charge in [-0.15, -0.1) is 0 Å². The quantitative estimate of drug-likeness (QED) is 0.883. The third kappa shape index (κ3) is 3.09. The number of nitrogens with one attached hydrogen (secondary N) is 2. The van der Waals surface area contributed by atoms with E-state index < -0.39 is 0 Å². The molecule has 0 heterocycles. The number of halogens is 1. The van der Waals surface area contributed by atoms with Crippen LogP contribution >= 0.6 is 11.6 Å². The molecular weight excluding hydrogens is 272 g/mol. The summed E-state index contributed by atoms with van der Waals surface area (Å²) in [5.41, 5.74) is 1.43. The van der Waals surface area contributed by atoms with E-state index >= 15 is 0 Å². The van der Waals surface area contributed by atoms with Gasteiger partial charge in [0.2, 0.25) is 0 Å². The third-order valence-corrected chi connectivity index (χ3v) is 4.80. The molecule has 1 aromatic rings. The van der Waals surface area contributed by atoms with Crippen molar-refractivity contribution < 1.29 is 4.79 Å². The van der Waals surface area contributed by atoms with E-state index in [0.717, 1.165) is 18.0 Å². The number of carbonyl (C=O) groups excluding carboxylic acids is 1. The van der Waals surface area contributed by atoms with Gasteiger partial charge in [-0.25, -0.2) is 0 Å². The lowest BCUT2D eigenvalue weighted by Gasteiger charge is -2.21. The first-order valence-corrected chi connectivity index (χ1v) is 7.72. The number of rotatable bonds is 4. The summed E-state index contributed by atoms with van der Waals surface area (Å²) in [6.07, 6.45) is 3.46. The van der Waals surface area contributed by atoms with E-state index in [-0.39, 0.29) is 11.9 Å². The Balaban J connectivity index is 2.11. The van der Waals surface area contributed by atoms with Gasteiger partial charge in [0.05, 0.1) is 5.56 Å². The second kappa shape index (κ2) is 6.49. The Labute approximate surface area is 126 Å². The van der Waals surface area contributed by atoms with Gasteiger partial charge in [0.25, 0.3) is 5.91 Å². The zero-order valence-corrected chi connectivity index (χ0v) is 13.1. The van der Waals surface area contributed by atoms with Crippen LogP contribution in [0.4, 0.5) is 5.69 Å². The first-order valence-electron chi connectivity index (χ1n) is 7.35. The maximum absolute atomic E-state index is 12.5. The van der Waals surface area contributed by atoms with Crippen LogP contribution < -0.4 is 10.6 Å². The van der Waals surface area contributed by atoms with Crippen LogP contribution in [-0.2, 0) is 0 Å². The Kier molecular flexibility index (Phi) is 4.92. The molecule has 2 rings (SSSR count). The highest BCUT2D eigenvalue weighted by Crippen LogP contribution is 2.34. The van der Waals surface area contributed by atoms with Crippen molar-refractivity contribution in [1.82, 2.24) is 5.32 Å². The standard InChI is InChI=1S/C16H23ClN2O/c1-4-11-5-7-14(10(11)2)19-16(20)13-9-12(17)6-8-15(13)18-3/h6,8-11,14,18H,4-5,7H2,1-3H3,(H,19,20). The lowest BCUT2D eigenvalue weighted by Crippen LogP contribution is -2.37. The minimum atomic E-state index is -0.0366. The van der Waals surface area contributed by atoms with Crippen LogP contribution in [0, 0.1) is 11.8 Å². The van der Waals surface area contributed by atoms with E-state index in [1.54, 1.807) is 12.1 Å². The van der Waals surface area contributed by atoms with Crippen LogP contribution in [0.3, 0.4) is 0 Å². The summed E-state index contributed by atoms with van der Waals surface area (Å²) >= 11 is 6.00. The molecule has 1 aliphatic rings. The third-order valence-electron chi connectivity index (χ3n) is 4.56. The molecule has 0 aromatic heterocycles. The highest BCUT2D eigenvalue weighted by molar-refractivity contribution is 6.31. The number of hydrogen-bond donors (Lipinski definition) is 2. The topological polar surface area (TPSA) is 41.1 Å². The molecule has 20 heavy (non-hydrogen) atoms. The summed E-state index contributed by atoms with van der Waals surface area (Å²) in [5, 5.41) is 6.80. The Morgan fingerprint density at radius 1 is 1.40 bits per heavy atom. The Morgan fingerprint density at radius 3 is 2.75 bits per heavy atom. The maximum atomic E-state index is 12.5. The van der Waals surface area contributed by atoms with Gasteiger partial charge in [-0.05, 0) is 42.9 Å². The van der Waals surface area contributed by atoms with E-state index in [1.165, 1.54) is 12.8 Å². The van der Waals surface area contributed by atoms with Gasteiger partial charge in [-0.1, -0.05) is 31.9 Å². The lowest BCUT2D eigenvalue weighted by molar-refractivity contribution is 0.0927. The zero-order chi connectivity index (χ0) is 14.7. The predicted molar refractivity (Wildman–Crippen MR) is 84.4 cm³/mol. The van der Waals surface area contributed by atoms with E-state index in [9.17, 15) is 4.79 Å². The fraction of sp³-hybridized carbons (Fsp3) is 0.562. The molecule has 3 unspecified atom stereocenters. The molecule has 110 valence electrons. The molecule has 1 saturated carbocycles. The van der Waals surface area contributed by atoms with Crippen LogP contribution in [-0.4, -0.2) is 19.0 Å². The molecule has 1 fully saturated rings. The van der Waals surface area contributed by atoms with E-state index in [4.69, 9.17) is 11.6 Å². The Hall–Kier alpha value is -1.22. The molecule has 0 bridgehead atoms. The molecule has 0 spiro atoms. The number of anilines is 1. The summed E-state index contributed by atoms with van der Waals surface area (Å²) in [7, 11) is 1.81. The fourth-order valence-corrected chi connectivity index (χ4v) is 3.37. The van der Waals surface area contributed by atoms with Crippen molar-refractivity contribution in [2.24, 2.45) is 11.8 Å². The van der Waals surface area contributed by atoms with Crippen LogP contribution in [0.1, 0.15) is 43.5 Å². The highest BCUT2D eigenvalue weighted by Gasteiger charge is 2.32. The van der Waals surface area contributed by atoms with Crippen LogP contribution in [0.5, 0.6) is 0 Å².